The first kappa shape index (κ1) is 39.4. The maximum Gasteiger partial charge on any atom is 0.0541 e. The van der Waals surface area contributed by atoms with Gasteiger partial charge in [0.2, 0.25) is 0 Å². The van der Waals surface area contributed by atoms with Crippen LogP contribution in [0.4, 0.5) is 0 Å². The van der Waals surface area contributed by atoms with Crippen molar-refractivity contribution < 1.29 is 0 Å². The second-order valence-corrected chi connectivity index (χ2v) is 17.7. The molecule has 0 amide bonds. The smallest absolute Gasteiger partial charge is 0.0541 e. The van der Waals surface area contributed by atoms with Crippen molar-refractivity contribution in [1.29, 1.82) is 0 Å². The summed E-state index contributed by atoms with van der Waals surface area (Å²) >= 11 is 0. The SMILES string of the molecule is c1ccc(-c2cccc(-n3c4ccccc4c4cc(-c5cccc(-c6ccccc6-c6ccccc6-c6cccc(-c7ccc8c(c7)c7ccccc7n8-c7ccccc7)c6)c5)ccc43)c2)cc1. The first-order valence-corrected chi connectivity index (χ1v) is 23.4. The van der Waals surface area contributed by atoms with Crippen LogP contribution < -0.4 is 0 Å². The third-order valence-electron chi connectivity index (χ3n) is 13.7. The van der Waals surface area contributed by atoms with Gasteiger partial charge in [-0.2, -0.15) is 0 Å². The number of fused-ring (bicyclic) bond motifs is 6. The fourth-order valence-electron chi connectivity index (χ4n) is 10.6. The van der Waals surface area contributed by atoms with E-state index in [-0.39, 0.29) is 0 Å². The number of hydrogen-bond acceptors (Lipinski definition) is 0. The lowest BCUT2D eigenvalue weighted by Crippen LogP contribution is -1.94. The van der Waals surface area contributed by atoms with E-state index < -0.39 is 0 Å². The first-order valence-electron chi connectivity index (χ1n) is 23.4. The minimum Gasteiger partial charge on any atom is -0.309 e. The van der Waals surface area contributed by atoms with Crippen molar-refractivity contribution in [3.63, 3.8) is 0 Å². The number of para-hydroxylation sites is 3. The molecule has 0 radical (unpaired) electrons. The number of rotatable bonds is 8. The van der Waals surface area contributed by atoms with E-state index >= 15 is 0 Å². The molecule has 0 saturated heterocycles. The molecule has 68 heavy (non-hydrogen) atoms. The fourth-order valence-corrected chi connectivity index (χ4v) is 10.6. The van der Waals surface area contributed by atoms with Gasteiger partial charge in [0.1, 0.15) is 0 Å². The first-order chi connectivity index (χ1) is 33.7. The maximum atomic E-state index is 2.41. The number of hydrogen-bond donors (Lipinski definition) is 0. The predicted octanol–water partition coefficient (Wildman–Crippen LogP) is 17.9. The Bertz CT molecular complexity index is 4020. The van der Waals surface area contributed by atoms with Crippen LogP contribution in [-0.2, 0) is 0 Å². The summed E-state index contributed by atoms with van der Waals surface area (Å²) < 4.78 is 4.78. The molecule has 0 aliphatic carbocycles. The zero-order valence-corrected chi connectivity index (χ0v) is 37.3. The van der Waals surface area contributed by atoms with Crippen molar-refractivity contribution in [2.75, 3.05) is 0 Å². The number of benzene rings is 11. The van der Waals surface area contributed by atoms with Crippen LogP contribution in [0.15, 0.2) is 267 Å². The van der Waals surface area contributed by atoms with Gasteiger partial charge in [0.25, 0.3) is 0 Å². The molecule has 0 saturated carbocycles. The Morgan fingerprint density at radius 3 is 1.07 bits per heavy atom. The van der Waals surface area contributed by atoms with Crippen molar-refractivity contribution >= 4 is 43.6 Å². The van der Waals surface area contributed by atoms with E-state index in [2.05, 4.69) is 276 Å². The molecular formula is C66H44N2. The molecule has 318 valence electrons. The fraction of sp³-hybridized carbons (Fsp3) is 0. The van der Waals surface area contributed by atoms with Crippen molar-refractivity contribution in [2.24, 2.45) is 0 Å². The van der Waals surface area contributed by atoms with E-state index in [0.717, 1.165) is 5.69 Å². The topological polar surface area (TPSA) is 9.86 Å². The highest BCUT2D eigenvalue weighted by Gasteiger charge is 2.18. The zero-order valence-electron chi connectivity index (χ0n) is 37.3. The van der Waals surface area contributed by atoms with E-state index in [1.165, 1.54) is 116 Å². The van der Waals surface area contributed by atoms with Gasteiger partial charge in [-0.1, -0.05) is 194 Å². The summed E-state index contributed by atoms with van der Waals surface area (Å²) in [6.07, 6.45) is 0. The van der Waals surface area contributed by atoms with Gasteiger partial charge in [-0.15, -0.1) is 0 Å². The largest absolute Gasteiger partial charge is 0.309 e. The molecule has 2 aromatic heterocycles. The summed E-state index contributed by atoms with van der Waals surface area (Å²) in [5.41, 5.74) is 21.5. The third kappa shape index (κ3) is 6.73. The molecule has 0 fully saturated rings. The molecule has 0 spiro atoms. The molecular weight excluding hydrogens is 821 g/mol. The van der Waals surface area contributed by atoms with Gasteiger partial charge < -0.3 is 9.13 Å². The number of nitrogens with zero attached hydrogens (tertiary/aromatic N) is 2. The highest BCUT2D eigenvalue weighted by molar-refractivity contribution is 6.12. The summed E-state index contributed by atoms with van der Waals surface area (Å²) in [6, 6.07) is 97.4. The second-order valence-electron chi connectivity index (χ2n) is 17.7. The minimum atomic E-state index is 1.15. The van der Waals surface area contributed by atoms with E-state index in [4.69, 9.17) is 0 Å². The molecule has 0 unspecified atom stereocenters. The van der Waals surface area contributed by atoms with Gasteiger partial charge in [0, 0.05) is 32.9 Å². The molecule has 0 aliphatic heterocycles. The van der Waals surface area contributed by atoms with Crippen LogP contribution in [0.1, 0.15) is 0 Å². The molecule has 11 aromatic carbocycles. The van der Waals surface area contributed by atoms with Crippen molar-refractivity contribution in [2.45, 2.75) is 0 Å². The lowest BCUT2D eigenvalue weighted by atomic mass is 9.88. The van der Waals surface area contributed by atoms with Crippen molar-refractivity contribution in [3.05, 3.63) is 267 Å². The van der Waals surface area contributed by atoms with Crippen LogP contribution in [0.3, 0.4) is 0 Å². The van der Waals surface area contributed by atoms with Crippen LogP contribution >= 0.6 is 0 Å². The normalized spacial score (nSPS) is 11.5. The van der Waals surface area contributed by atoms with Crippen molar-refractivity contribution in [3.8, 4) is 78.1 Å². The van der Waals surface area contributed by atoms with Gasteiger partial charge in [0.05, 0.1) is 22.1 Å². The summed E-state index contributed by atoms with van der Waals surface area (Å²) in [5.74, 6) is 0. The standard InChI is InChI=1S/C66H44N2/c1-3-18-45(19-4-1)48-22-17-27-54(42-48)68-64-35-14-12-33-60(64)62-44-50(37-39-66(62)68)47-21-16-24-52(41-47)56-29-8-10-31-58(56)57-30-9-7-28-55(57)51-23-15-20-46(40-51)49-36-38-65-61(43-49)59-32-11-13-34-63(59)67(65)53-25-5-2-6-26-53/h1-44H. The lowest BCUT2D eigenvalue weighted by Gasteiger charge is -2.16. The Morgan fingerprint density at radius 2 is 0.529 bits per heavy atom. The molecule has 2 heteroatoms. The molecule has 0 bridgehead atoms. The van der Waals surface area contributed by atoms with E-state index in [1.54, 1.807) is 0 Å². The van der Waals surface area contributed by atoms with Crippen LogP contribution in [0.2, 0.25) is 0 Å². The quantitative estimate of drug-likeness (QED) is 0.144. The monoisotopic (exact) mass is 864 g/mol. The molecule has 13 aromatic rings. The van der Waals surface area contributed by atoms with E-state index in [0.29, 0.717) is 0 Å². The summed E-state index contributed by atoms with van der Waals surface area (Å²) in [7, 11) is 0. The average Bonchev–Trinajstić information content (AvgIpc) is 3.94. The average molecular weight is 865 g/mol. The second kappa shape index (κ2) is 16.5. The van der Waals surface area contributed by atoms with Crippen LogP contribution in [0.5, 0.6) is 0 Å². The lowest BCUT2D eigenvalue weighted by molar-refractivity contribution is 1.18. The molecule has 0 aliphatic rings. The highest BCUT2D eigenvalue weighted by Crippen LogP contribution is 2.42. The van der Waals surface area contributed by atoms with E-state index in [9.17, 15) is 0 Å². The van der Waals surface area contributed by atoms with Gasteiger partial charge in [-0.05, 0) is 140 Å². The van der Waals surface area contributed by atoms with E-state index in [1.807, 2.05) is 0 Å². The Kier molecular flexibility index (Phi) is 9.54. The Morgan fingerprint density at radius 1 is 0.176 bits per heavy atom. The van der Waals surface area contributed by atoms with Gasteiger partial charge in [-0.25, -0.2) is 0 Å². The minimum absolute atomic E-state index is 1.15. The van der Waals surface area contributed by atoms with Gasteiger partial charge >= 0.3 is 0 Å². The molecule has 0 N–H and O–H groups in total. The third-order valence-corrected chi connectivity index (χ3v) is 13.7. The zero-order chi connectivity index (χ0) is 45.0. The number of aromatic nitrogens is 2. The summed E-state index contributed by atoms with van der Waals surface area (Å²) in [4.78, 5) is 0. The van der Waals surface area contributed by atoms with Crippen LogP contribution in [-0.4, -0.2) is 9.13 Å². The Balaban J connectivity index is 0.866. The Hall–Kier alpha value is -8.98. The Labute approximate surface area is 395 Å². The van der Waals surface area contributed by atoms with Gasteiger partial charge in [-0.3, -0.25) is 0 Å². The molecule has 2 heterocycles. The molecule has 0 atom stereocenters. The maximum absolute atomic E-state index is 2.41. The highest BCUT2D eigenvalue weighted by atomic mass is 15.0. The molecule has 13 rings (SSSR count). The van der Waals surface area contributed by atoms with Crippen LogP contribution in [0.25, 0.3) is 122 Å². The van der Waals surface area contributed by atoms with Crippen LogP contribution in [0, 0.1) is 0 Å². The summed E-state index contributed by atoms with van der Waals surface area (Å²) in [5, 5.41) is 4.99. The summed E-state index contributed by atoms with van der Waals surface area (Å²) in [6.45, 7) is 0. The molecule has 2 nitrogen and oxygen atoms in total. The van der Waals surface area contributed by atoms with Gasteiger partial charge in [0.15, 0.2) is 0 Å². The predicted molar refractivity (Wildman–Crippen MR) is 288 cm³/mol. The van der Waals surface area contributed by atoms with Crippen molar-refractivity contribution in [1.82, 2.24) is 9.13 Å².